The second-order valence-corrected chi connectivity index (χ2v) is 9.15. The van der Waals surface area contributed by atoms with Crippen molar-refractivity contribution < 1.29 is 18.4 Å². The number of halogens is 2. The van der Waals surface area contributed by atoms with Crippen molar-refractivity contribution in [3.05, 3.63) is 71.1 Å². The molecule has 2 aromatic heterocycles. The number of hydrogen-bond donors (Lipinski definition) is 2. The van der Waals surface area contributed by atoms with Crippen LogP contribution in [0.25, 0.3) is 33.0 Å². The van der Waals surface area contributed by atoms with E-state index in [2.05, 4.69) is 24.1 Å². The lowest BCUT2D eigenvalue weighted by Crippen LogP contribution is -2.25. The standard InChI is InChI=1S/C25H19F2N3O2/c1-25(2)5-6-30-11-17(15-7-13(27)8-18(25)22(15)30)21-20(23(31)29-24(21)32)16-10-28-19-9-12(26)3-4-14(16)19/h3-4,7-11,28H,5-6H2,1-2H3,(H,29,31,32). The second-order valence-electron chi connectivity index (χ2n) is 9.15. The van der Waals surface area contributed by atoms with Gasteiger partial charge in [0.15, 0.2) is 0 Å². The third-order valence-corrected chi connectivity index (χ3v) is 6.76. The highest BCUT2D eigenvalue weighted by molar-refractivity contribution is 6.50. The van der Waals surface area contributed by atoms with E-state index in [1.807, 2.05) is 10.8 Å². The molecule has 2 amide bonds. The fourth-order valence-electron chi connectivity index (χ4n) is 5.10. The molecule has 0 bridgehead atoms. The number of aryl methyl sites for hydroxylation is 1. The average Bonchev–Trinajstić information content (AvgIpc) is 3.38. The minimum absolute atomic E-state index is 0.205. The molecular formula is C25H19F2N3O2. The Bertz CT molecular complexity index is 1540. The predicted octanol–water partition coefficient (Wildman–Crippen LogP) is 4.65. The largest absolute Gasteiger partial charge is 0.360 e. The van der Waals surface area contributed by atoms with E-state index in [9.17, 15) is 18.4 Å². The van der Waals surface area contributed by atoms with E-state index >= 15 is 0 Å². The zero-order valence-electron chi connectivity index (χ0n) is 17.5. The van der Waals surface area contributed by atoms with Crippen LogP contribution in [0.1, 0.15) is 37.0 Å². The zero-order valence-corrected chi connectivity index (χ0v) is 17.5. The number of imide groups is 1. The van der Waals surface area contributed by atoms with E-state index in [0.717, 1.165) is 24.0 Å². The van der Waals surface area contributed by atoms with Crippen LogP contribution in [0.3, 0.4) is 0 Å². The summed E-state index contributed by atoms with van der Waals surface area (Å²) in [7, 11) is 0. The summed E-state index contributed by atoms with van der Waals surface area (Å²) < 4.78 is 30.4. The third kappa shape index (κ3) is 2.48. The van der Waals surface area contributed by atoms with Gasteiger partial charge in [0.05, 0.1) is 16.7 Å². The summed E-state index contributed by atoms with van der Waals surface area (Å²) in [6.45, 7) is 4.89. The molecule has 0 spiro atoms. The van der Waals surface area contributed by atoms with E-state index in [-0.39, 0.29) is 22.4 Å². The molecule has 2 aliphatic rings. The number of carbonyl (C=O) groups excluding carboxylic acids is 2. The Labute approximate surface area is 181 Å². The monoisotopic (exact) mass is 431 g/mol. The number of fused-ring (bicyclic) bond motifs is 1. The van der Waals surface area contributed by atoms with Crippen LogP contribution in [0, 0.1) is 11.6 Å². The summed E-state index contributed by atoms with van der Waals surface area (Å²) in [4.78, 5) is 28.8. The summed E-state index contributed by atoms with van der Waals surface area (Å²) in [5, 5.41) is 3.63. The summed E-state index contributed by atoms with van der Waals surface area (Å²) >= 11 is 0. The number of carbonyl (C=O) groups is 2. The molecule has 0 radical (unpaired) electrons. The number of benzene rings is 2. The molecule has 160 valence electrons. The van der Waals surface area contributed by atoms with Crippen LogP contribution in [-0.2, 0) is 21.5 Å². The van der Waals surface area contributed by atoms with Gasteiger partial charge in [-0.25, -0.2) is 8.78 Å². The molecule has 2 aromatic carbocycles. The quantitative estimate of drug-likeness (QED) is 0.454. The molecule has 0 aliphatic carbocycles. The topological polar surface area (TPSA) is 66.9 Å². The molecule has 2 aliphatic heterocycles. The molecule has 4 aromatic rings. The third-order valence-electron chi connectivity index (χ3n) is 6.76. The Hall–Kier alpha value is -3.74. The molecule has 0 saturated carbocycles. The van der Waals surface area contributed by atoms with Gasteiger partial charge in [0.25, 0.3) is 11.8 Å². The minimum atomic E-state index is -0.525. The normalized spacial score (nSPS) is 17.6. The van der Waals surface area contributed by atoms with Crippen molar-refractivity contribution in [2.45, 2.75) is 32.2 Å². The van der Waals surface area contributed by atoms with Crippen LogP contribution < -0.4 is 5.32 Å². The van der Waals surface area contributed by atoms with Gasteiger partial charge in [-0.15, -0.1) is 0 Å². The molecule has 0 fully saturated rings. The minimum Gasteiger partial charge on any atom is -0.360 e. The molecule has 0 unspecified atom stereocenters. The molecule has 0 saturated heterocycles. The maximum Gasteiger partial charge on any atom is 0.259 e. The molecule has 5 nitrogen and oxygen atoms in total. The maximum absolute atomic E-state index is 14.7. The summed E-state index contributed by atoms with van der Waals surface area (Å²) in [6, 6.07) is 7.22. The lowest BCUT2D eigenvalue weighted by molar-refractivity contribution is -0.122. The molecule has 0 atom stereocenters. The highest BCUT2D eigenvalue weighted by Gasteiger charge is 2.37. The SMILES string of the molecule is CC1(C)CCn2cc(C3=C(c4c[nH]c5cc(F)ccc45)C(=O)NC3=O)c3cc(F)cc1c32. The van der Waals surface area contributed by atoms with Crippen molar-refractivity contribution in [3.8, 4) is 0 Å². The number of aromatic amines is 1. The maximum atomic E-state index is 14.7. The number of nitrogens with one attached hydrogen (secondary N) is 2. The van der Waals surface area contributed by atoms with Gasteiger partial charge >= 0.3 is 0 Å². The summed E-state index contributed by atoms with van der Waals surface area (Å²) in [6.07, 6.45) is 4.27. The van der Waals surface area contributed by atoms with Crippen LogP contribution in [0.15, 0.2) is 42.7 Å². The smallest absolute Gasteiger partial charge is 0.259 e. The van der Waals surface area contributed by atoms with Gasteiger partial charge in [-0.2, -0.15) is 0 Å². The predicted molar refractivity (Wildman–Crippen MR) is 118 cm³/mol. The zero-order chi connectivity index (χ0) is 22.4. The van der Waals surface area contributed by atoms with Gasteiger partial charge in [-0.1, -0.05) is 13.8 Å². The van der Waals surface area contributed by atoms with Crippen LogP contribution >= 0.6 is 0 Å². The fraction of sp³-hybridized carbons (Fsp3) is 0.200. The highest BCUT2D eigenvalue weighted by Crippen LogP contribution is 2.44. The van der Waals surface area contributed by atoms with Crippen molar-refractivity contribution in [3.63, 3.8) is 0 Å². The average molecular weight is 431 g/mol. The Morgan fingerprint density at radius 1 is 0.938 bits per heavy atom. The number of hydrogen-bond acceptors (Lipinski definition) is 2. The number of rotatable bonds is 2. The first-order valence-electron chi connectivity index (χ1n) is 10.4. The number of amides is 2. The van der Waals surface area contributed by atoms with Crippen molar-refractivity contribution in [1.29, 1.82) is 0 Å². The Kier molecular flexibility index (Phi) is 3.65. The van der Waals surface area contributed by atoms with Crippen LogP contribution in [-0.4, -0.2) is 21.4 Å². The first-order valence-corrected chi connectivity index (χ1v) is 10.4. The van der Waals surface area contributed by atoms with Crippen molar-refractivity contribution in [2.75, 3.05) is 0 Å². The van der Waals surface area contributed by atoms with Crippen LogP contribution in [0.5, 0.6) is 0 Å². The van der Waals surface area contributed by atoms with Gasteiger partial charge in [-0.05, 0) is 47.7 Å². The van der Waals surface area contributed by atoms with Crippen molar-refractivity contribution in [2.24, 2.45) is 0 Å². The molecule has 6 rings (SSSR count). The Morgan fingerprint density at radius 3 is 2.47 bits per heavy atom. The summed E-state index contributed by atoms with van der Waals surface area (Å²) in [5.41, 5.74) is 3.53. The van der Waals surface area contributed by atoms with Gasteiger partial charge in [0.1, 0.15) is 11.6 Å². The molecular weight excluding hydrogens is 412 g/mol. The van der Waals surface area contributed by atoms with Crippen molar-refractivity contribution in [1.82, 2.24) is 14.9 Å². The fourth-order valence-corrected chi connectivity index (χ4v) is 5.10. The van der Waals surface area contributed by atoms with Crippen LogP contribution in [0.2, 0.25) is 0 Å². The van der Waals surface area contributed by atoms with Gasteiger partial charge in [0, 0.05) is 46.4 Å². The lowest BCUT2D eigenvalue weighted by Gasteiger charge is -2.31. The van der Waals surface area contributed by atoms with Gasteiger partial charge < -0.3 is 9.55 Å². The number of H-pyrrole nitrogens is 1. The van der Waals surface area contributed by atoms with E-state index < -0.39 is 17.6 Å². The Morgan fingerprint density at radius 2 is 1.69 bits per heavy atom. The molecule has 32 heavy (non-hydrogen) atoms. The van der Waals surface area contributed by atoms with Gasteiger partial charge in [-0.3, -0.25) is 14.9 Å². The first-order chi connectivity index (χ1) is 15.2. The van der Waals surface area contributed by atoms with Crippen LogP contribution in [0.4, 0.5) is 8.78 Å². The molecule has 4 heterocycles. The highest BCUT2D eigenvalue weighted by atomic mass is 19.1. The van der Waals surface area contributed by atoms with E-state index in [0.29, 0.717) is 27.4 Å². The van der Waals surface area contributed by atoms with Gasteiger partial charge in [0.2, 0.25) is 0 Å². The van der Waals surface area contributed by atoms with Crippen molar-refractivity contribution >= 4 is 44.8 Å². The Balaban J connectivity index is 1.69. The second kappa shape index (κ2) is 6.16. The first kappa shape index (κ1) is 19.0. The van der Waals surface area contributed by atoms with E-state index in [1.54, 1.807) is 18.3 Å². The number of nitrogens with zero attached hydrogens (tertiary/aromatic N) is 1. The molecule has 7 heteroatoms. The van der Waals surface area contributed by atoms with E-state index in [4.69, 9.17) is 0 Å². The lowest BCUT2D eigenvalue weighted by atomic mass is 9.78. The molecule has 2 N–H and O–H groups in total. The van der Waals surface area contributed by atoms with E-state index in [1.165, 1.54) is 18.2 Å². The number of aromatic nitrogens is 2. The summed E-state index contributed by atoms with van der Waals surface area (Å²) in [5.74, 6) is -1.83.